The van der Waals surface area contributed by atoms with Gasteiger partial charge in [-0.05, 0) is 125 Å². The number of ether oxygens (including phenoxy) is 4. The van der Waals surface area contributed by atoms with Crippen molar-refractivity contribution in [2.24, 2.45) is 5.92 Å². The average Bonchev–Trinajstić information content (AvgIpc) is 3.99. The van der Waals surface area contributed by atoms with Crippen molar-refractivity contribution < 1.29 is 33.3 Å². The van der Waals surface area contributed by atoms with Gasteiger partial charge >= 0.3 is 0 Å². The van der Waals surface area contributed by atoms with Gasteiger partial charge in [0.2, 0.25) is 5.79 Å². The van der Waals surface area contributed by atoms with Crippen LogP contribution in [0.5, 0.6) is 0 Å². The van der Waals surface area contributed by atoms with Gasteiger partial charge in [-0.25, -0.2) is 0 Å². The van der Waals surface area contributed by atoms with E-state index in [4.69, 9.17) is 18.9 Å². The first kappa shape index (κ1) is 64.1. The highest BCUT2D eigenvalue weighted by Gasteiger charge is 2.71. The van der Waals surface area contributed by atoms with Crippen LogP contribution in [0.2, 0.25) is 0 Å². The minimum absolute atomic E-state index is 0.0408. The van der Waals surface area contributed by atoms with Crippen LogP contribution in [0.15, 0.2) is 117 Å². The van der Waals surface area contributed by atoms with Crippen LogP contribution in [0.4, 0.5) is 0 Å². The van der Waals surface area contributed by atoms with E-state index in [1.807, 2.05) is 66.9 Å². The van der Waals surface area contributed by atoms with Gasteiger partial charge in [-0.3, -0.25) is 19.3 Å². The smallest absolute Gasteiger partial charge is 0.225 e. The molecule has 7 fully saturated rings. The van der Waals surface area contributed by atoms with E-state index < -0.39 is 5.79 Å². The third kappa shape index (κ3) is 17.3. The quantitative estimate of drug-likeness (QED) is 0.0595. The molecule has 0 bridgehead atoms. The number of ketones is 3. The molecule has 1 spiro atoms. The fourth-order valence-corrected chi connectivity index (χ4v) is 14.7. The molecule has 3 heterocycles. The van der Waals surface area contributed by atoms with Crippen LogP contribution in [0.25, 0.3) is 0 Å². The topological polar surface area (TPSA) is 107 Å². The molecule has 4 saturated carbocycles. The summed E-state index contributed by atoms with van der Waals surface area (Å²) < 4.78 is 22.1. The molecule has 1 atom stereocenters. The zero-order valence-corrected chi connectivity index (χ0v) is 52.8. The third-order valence-corrected chi connectivity index (χ3v) is 21.1. The summed E-state index contributed by atoms with van der Waals surface area (Å²) >= 11 is 10.6. The van der Waals surface area contributed by atoms with Crippen LogP contribution in [-0.4, -0.2) is 122 Å². The zero-order chi connectivity index (χ0) is 56.0. The molecular weight excluding hydrogens is 1130 g/mol. The summed E-state index contributed by atoms with van der Waals surface area (Å²) in [5.74, 6) is 0.748. The third-order valence-electron chi connectivity index (χ3n) is 17.0. The lowest BCUT2D eigenvalue weighted by Crippen LogP contribution is -2.59. The second-order valence-corrected chi connectivity index (χ2v) is 26.9. The van der Waals surface area contributed by atoms with Crippen LogP contribution in [-0.2, 0) is 24.7 Å². The second kappa shape index (κ2) is 32.6. The molecule has 11 rings (SSSR count). The first-order chi connectivity index (χ1) is 38.5. The number of methoxy groups -OCH3 is 1. The van der Waals surface area contributed by atoms with Gasteiger partial charge < -0.3 is 24.3 Å². The Kier molecular flexibility index (Phi) is 26.4. The number of nitrogens with zero attached hydrogens (tertiary/aromatic N) is 1. The number of hydrogen-bond acceptors (Lipinski definition) is 13. The summed E-state index contributed by atoms with van der Waals surface area (Å²) in [4.78, 5) is 45.3. The van der Waals surface area contributed by atoms with Gasteiger partial charge in [-0.1, -0.05) is 142 Å². The predicted octanol–water partition coefficient (Wildman–Crippen LogP) is 16.0. The van der Waals surface area contributed by atoms with Gasteiger partial charge in [0.25, 0.3) is 0 Å². The van der Waals surface area contributed by atoms with E-state index in [0.29, 0.717) is 11.6 Å². The Morgan fingerprint density at radius 1 is 0.519 bits per heavy atom. The molecule has 4 aromatic rings. The Hall–Kier alpha value is -2.47. The molecule has 14 heteroatoms. The Morgan fingerprint density at radius 2 is 0.924 bits per heavy atom. The van der Waals surface area contributed by atoms with Crippen molar-refractivity contribution in [2.75, 3.05) is 84.7 Å². The SMILES string of the molecule is C1COCCN1.COC1(c2ccc(SC)cc2)OC12CCCCC2.CSc1ccc(C(=O)C2(Br)CCCCC2)cc1.CSc1ccc(C(=O)C2(N3CCOCC3)CCCCC2)cc1.CSc1ccc(C(=O)C2CCCCC2)cc1. The van der Waals surface area contributed by atoms with E-state index in [0.717, 1.165) is 146 Å². The molecule has 1 unspecified atom stereocenters. The molecule has 7 aliphatic rings. The molecule has 0 aromatic heterocycles. The van der Waals surface area contributed by atoms with Crippen molar-refractivity contribution in [1.29, 1.82) is 0 Å². The fourth-order valence-electron chi connectivity index (χ4n) is 12.3. The van der Waals surface area contributed by atoms with E-state index in [1.54, 1.807) is 54.2 Å². The highest BCUT2D eigenvalue weighted by atomic mass is 79.9. The largest absolute Gasteiger partial charge is 0.379 e. The molecule has 3 aliphatic heterocycles. The second-order valence-electron chi connectivity index (χ2n) is 21.8. The van der Waals surface area contributed by atoms with Crippen molar-refractivity contribution in [3.63, 3.8) is 0 Å². The highest BCUT2D eigenvalue weighted by Crippen LogP contribution is 2.63. The molecule has 1 N–H and O–H groups in total. The van der Waals surface area contributed by atoms with Crippen LogP contribution >= 0.6 is 63.0 Å². The van der Waals surface area contributed by atoms with Gasteiger partial charge in [0.1, 0.15) is 5.60 Å². The number of morpholine rings is 2. The number of nitrogens with one attached hydrogen (secondary N) is 1. The van der Waals surface area contributed by atoms with Crippen molar-refractivity contribution in [1.82, 2.24) is 10.2 Å². The highest BCUT2D eigenvalue weighted by molar-refractivity contribution is 9.10. The predicted molar refractivity (Wildman–Crippen MR) is 335 cm³/mol. The van der Waals surface area contributed by atoms with Gasteiger partial charge in [-0.2, -0.15) is 0 Å². The number of hydrogen-bond donors (Lipinski definition) is 1. The Morgan fingerprint density at radius 3 is 1.35 bits per heavy atom. The lowest BCUT2D eigenvalue weighted by Gasteiger charge is -2.46. The minimum atomic E-state index is -0.468. The van der Waals surface area contributed by atoms with Gasteiger partial charge in [-0.15, -0.1) is 47.0 Å². The number of carbonyl (C=O) groups is 3. The van der Waals surface area contributed by atoms with E-state index in [9.17, 15) is 14.4 Å². The maximum Gasteiger partial charge on any atom is 0.225 e. The van der Waals surface area contributed by atoms with Crippen molar-refractivity contribution >= 4 is 80.3 Å². The zero-order valence-electron chi connectivity index (χ0n) is 47.9. The molecule has 4 aliphatic carbocycles. The number of halogens is 1. The standard InChI is InChI=1S/C18H25NO2S.C15H20O2S.C14H17BrOS.C14H18OS.C4H9NO/c1-22-16-7-5-15(6-8-16)17(20)18(9-3-2-4-10-18)19-11-13-21-14-12-19;1-16-15(12-6-8-13(18-2)9-7-12)14(17-15)10-4-3-5-11-14;1-17-12-7-5-11(6-8-12)13(16)14(15)9-3-2-4-10-14;1-16-13-9-7-12(8-10-13)14(15)11-5-3-2-4-6-11;1-3-6-4-2-5-1/h5-8H,2-4,9-14H2,1H3;6-9H,3-5,10-11H2,1-2H3;5-8H,2-4,9-10H2,1H3;7-11H,2-6H2,1H3;5H,1-4H2. The summed E-state index contributed by atoms with van der Waals surface area (Å²) in [5, 5.41) is 3.16. The van der Waals surface area contributed by atoms with E-state index >= 15 is 0 Å². The molecular formula is C65H89BrN2O7S4. The molecule has 9 nitrogen and oxygen atoms in total. The van der Waals surface area contributed by atoms with Gasteiger partial charge in [0.05, 0.1) is 36.3 Å². The molecule has 0 radical (unpaired) electrons. The summed E-state index contributed by atoms with van der Waals surface area (Å²) in [6.07, 6.45) is 31.3. The van der Waals surface area contributed by atoms with Crippen LogP contribution in [0.3, 0.4) is 0 Å². The molecule has 432 valence electrons. The average molecular weight is 1220 g/mol. The number of benzene rings is 4. The summed E-state index contributed by atoms with van der Waals surface area (Å²) in [5.41, 5.74) is 3.44. The monoisotopic (exact) mass is 1220 g/mol. The fraction of sp³-hybridized carbons (Fsp3) is 0.585. The Bertz CT molecular complexity index is 2430. The van der Waals surface area contributed by atoms with E-state index in [1.165, 1.54) is 76.5 Å². The van der Waals surface area contributed by atoms with Gasteiger partial charge in [0.15, 0.2) is 17.3 Å². The summed E-state index contributed by atoms with van der Waals surface area (Å²) in [6.45, 7) is 7.10. The first-order valence-corrected chi connectivity index (χ1v) is 34.9. The normalized spacial score (nSPS) is 22.4. The maximum atomic E-state index is 13.3. The number of epoxide rings is 1. The Balaban J connectivity index is 0.000000148. The summed E-state index contributed by atoms with van der Waals surface area (Å²) in [6, 6.07) is 32.7. The van der Waals surface area contributed by atoms with Crippen molar-refractivity contribution in [2.45, 2.75) is 169 Å². The number of thioether (sulfide) groups is 4. The first-order valence-electron chi connectivity index (χ1n) is 29.3. The Labute approximate surface area is 499 Å². The lowest BCUT2D eigenvalue weighted by atomic mass is 9.75. The van der Waals surface area contributed by atoms with E-state index in [-0.39, 0.29) is 27.2 Å². The molecule has 3 saturated heterocycles. The van der Waals surface area contributed by atoms with Crippen LogP contribution in [0, 0.1) is 5.92 Å². The molecule has 4 aromatic carbocycles. The van der Waals surface area contributed by atoms with Gasteiger partial charge in [0, 0.05) is 81.0 Å². The number of Topliss-reactive ketones (excluding diaryl/α,β-unsaturated/α-hetero) is 3. The molecule has 79 heavy (non-hydrogen) atoms. The lowest BCUT2D eigenvalue weighted by molar-refractivity contribution is -0.0264. The number of carbonyl (C=O) groups excluding carboxylic acids is 3. The van der Waals surface area contributed by atoms with Crippen molar-refractivity contribution in [3.8, 4) is 0 Å². The maximum absolute atomic E-state index is 13.3. The number of rotatable bonds is 13. The van der Waals surface area contributed by atoms with Crippen LogP contribution < -0.4 is 5.32 Å². The molecule has 0 amide bonds. The van der Waals surface area contributed by atoms with Crippen molar-refractivity contribution in [3.05, 3.63) is 119 Å². The minimum Gasteiger partial charge on any atom is -0.379 e. The number of alkyl halides is 1. The van der Waals surface area contributed by atoms with Crippen LogP contribution in [0.1, 0.15) is 165 Å². The summed E-state index contributed by atoms with van der Waals surface area (Å²) in [7, 11) is 1.77. The van der Waals surface area contributed by atoms with E-state index in [2.05, 4.69) is 81.3 Å².